The zero-order chi connectivity index (χ0) is 12.8. The van der Waals surface area contributed by atoms with E-state index >= 15 is 0 Å². The maximum Gasteiger partial charge on any atom is 0.237 e. The number of nitrogens with zero attached hydrogens (tertiary/aromatic N) is 3. The van der Waals surface area contributed by atoms with Crippen molar-refractivity contribution in [1.82, 2.24) is 15.0 Å². The van der Waals surface area contributed by atoms with Crippen LogP contribution in [0.5, 0.6) is 11.8 Å². The minimum absolute atomic E-state index is 0.518. The SMILES string of the molecule is COc1cc(NCc2nccnc2OC)ccn1. The fourth-order valence-electron chi connectivity index (χ4n) is 1.46. The van der Waals surface area contributed by atoms with Crippen LogP contribution in [0.15, 0.2) is 30.7 Å². The molecule has 0 aromatic carbocycles. The van der Waals surface area contributed by atoms with Crippen LogP contribution in [0.4, 0.5) is 5.69 Å². The molecule has 6 heteroatoms. The number of ether oxygens (including phenoxy) is 2. The third-order valence-electron chi connectivity index (χ3n) is 2.33. The van der Waals surface area contributed by atoms with Crippen molar-refractivity contribution in [3.63, 3.8) is 0 Å². The highest BCUT2D eigenvalue weighted by Crippen LogP contribution is 2.16. The highest BCUT2D eigenvalue weighted by Gasteiger charge is 2.05. The molecular formula is C12H14N4O2. The molecule has 0 aliphatic heterocycles. The van der Waals surface area contributed by atoms with Gasteiger partial charge in [-0.05, 0) is 6.07 Å². The standard InChI is InChI=1S/C12H14N4O2/c1-17-11-7-9(3-4-14-11)16-8-10-12(18-2)15-6-5-13-10/h3-7H,8H2,1-2H3,(H,14,16). The topological polar surface area (TPSA) is 69.2 Å². The maximum absolute atomic E-state index is 5.13. The van der Waals surface area contributed by atoms with Crippen molar-refractivity contribution in [2.24, 2.45) is 0 Å². The summed E-state index contributed by atoms with van der Waals surface area (Å²) in [5.74, 6) is 1.08. The summed E-state index contributed by atoms with van der Waals surface area (Å²) in [5.41, 5.74) is 1.64. The van der Waals surface area contributed by atoms with E-state index in [0.29, 0.717) is 18.3 Å². The summed E-state index contributed by atoms with van der Waals surface area (Å²) >= 11 is 0. The number of aromatic nitrogens is 3. The van der Waals surface area contributed by atoms with E-state index in [4.69, 9.17) is 9.47 Å². The number of hydrogen-bond acceptors (Lipinski definition) is 6. The van der Waals surface area contributed by atoms with Crippen LogP contribution in [-0.2, 0) is 6.54 Å². The minimum Gasteiger partial charge on any atom is -0.481 e. The van der Waals surface area contributed by atoms with Crippen molar-refractivity contribution < 1.29 is 9.47 Å². The van der Waals surface area contributed by atoms with Gasteiger partial charge in [-0.3, -0.25) is 4.98 Å². The fraction of sp³-hybridized carbons (Fsp3) is 0.250. The van der Waals surface area contributed by atoms with Crippen molar-refractivity contribution in [2.45, 2.75) is 6.54 Å². The third kappa shape index (κ3) is 2.85. The van der Waals surface area contributed by atoms with Crippen LogP contribution in [0, 0.1) is 0 Å². The average molecular weight is 246 g/mol. The monoisotopic (exact) mass is 246 g/mol. The molecule has 6 nitrogen and oxygen atoms in total. The molecular weight excluding hydrogens is 232 g/mol. The first kappa shape index (κ1) is 12.1. The van der Waals surface area contributed by atoms with E-state index in [1.807, 2.05) is 12.1 Å². The molecule has 0 bridgehead atoms. The molecule has 0 amide bonds. The van der Waals surface area contributed by atoms with Crippen molar-refractivity contribution in [3.8, 4) is 11.8 Å². The molecule has 1 N–H and O–H groups in total. The Morgan fingerprint density at radius 2 is 1.89 bits per heavy atom. The Bertz CT molecular complexity index is 519. The number of nitrogens with one attached hydrogen (secondary N) is 1. The fourth-order valence-corrected chi connectivity index (χ4v) is 1.46. The van der Waals surface area contributed by atoms with Crippen molar-refractivity contribution in [2.75, 3.05) is 19.5 Å². The Kier molecular flexibility index (Phi) is 3.90. The van der Waals surface area contributed by atoms with Gasteiger partial charge in [-0.15, -0.1) is 0 Å². The summed E-state index contributed by atoms with van der Waals surface area (Å²) in [4.78, 5) is 12.3. The van der Waals surface area contributed by atoms with Gasteiger partial charge in [0.05, 0.1) is 20.8 Å². The number of methoxy groups -OCH3 is 2. The number of anilines is 1. The van der Waals surface area contributed by atoms with Crippen LogP contribution in [0.1, 0.15) is 5.69 Å². The first-order valence-corrected chi connectivity index (χ1v) is 5.41. The normalized spacial score (nSPS) is 9.89. The molecule has 2 aromatic rings. The van der Waals surface area contributed by atoms with E-state index < -0.39 is 0 Å². The second kappa shape index (κ2) is 5.81. The predicted octanol–water partition coefficient (Wildman–Crippen LogP) is 1.50. The van der Waals surface area contributed by atoms with Crippen LogP contribution in [0.3, 0.4) is 0 Å². The first-order valence-electron chi connectivity index (χ1n) is 5.41. The number of hydrogen-bond donors (Lipinski definition) is 1. The van der Waals surface area contributed by atoms with Crippen LogP contribution in [-0.4, -0.2) is 29.2 Å². The van der Waals surface area contributed by atoms with E-state index in [1.165, 1.54) is 0 Å². The molecule has 18 heavy (non-hydrogen) atoms. The largest absolute Gasteiger partial charge is 0.481 e. The third-order valence-corrected chi connectivity index (χ3v) is 2.33. The summed E-state index contributed by atoms with van der Waals surface area (Å²) in [7, 11) is 3.15. The zero-order valence-electron chi connectivity index (χ0n) is 10.3. The van der Waals surface area contributed by atoms with Crippen molar-refractivity contribution >= 4 is 5.69 Å². The molecule has 0 radical (unpaired) electrons. The maximum atomic E-state index is 5.13. The lowest BCUT2D eigenvalue weighted by Crippen LogP contribution is -2.05. The lowest BCUT2D eigenvalue weighted by atomic mass is 10.3. The van der Waals surface area contributed by atoms with Gasteiger partial charge in [0.25, 0.3) is 0 Å². The van der Waals surface area contributed by atoms with Gasteiger partial charge >= 0.3 is 0 Å². The Morgan fingerprint density at radius 3 is 2.67 bits per heavy atom. The Morgan fingerprint density at radius 1 is 1.06 bits per heavy atom. The van der Waals surface area contributed by atoms with E-state index in [1.54, 1.807) is 32.8 Å². The average Bonchev–Trinajstić information content (AvgIpc) is 2.45. The lowest BCUT2D eigenvalue weighted by Gasteiger charge is -2.09. The van der Waals surface area contributed by atoms with Crippen LogP contribution < -0.4 is 14.8 Å². The molecule has 94 valence electrons. The lowest BCUT2D eigenvalue weighted by molar-refractivity contribution is 0.390. The minimum atomic E-state index is 0.518. The Balaban J connectivity index is 2.06. The summed E-state index contributed by atoms with van der Waals surface area (Å²) in [5, 5.41) is 3.21. The Labute approximate surface area is 105 Å². The Hall–Kier alpha value is -2.37. The molecule has 0 unspecified atom stereocenters. The van der Waals surface area contributed by atoms with Gasteiger partial charge in [0.15, 0.2) is 0 Å². The number of pyridine rings is 1. The summed E-state index contributed by atoms with van der Waals surface area (Å²) in [6.07, 6.45) is 4.90. The second-order valence-corrected chi connectivity index (χ2v) is 3.45. The first-order chi connectivity index (χ1) is 8.83. The van der Waals surface area contributed by atoms with Gasteiger partial charge in [-0.25, -0.2) is 9.97 Å². The van der Waals surface area contributed by atoms with E-state index in [9.17, 15) is 0 Å². The molecule has 2 rings (SSSR count). The van der Waals surface area contributed by atoms with Gasteiger partial charge in [0.2, 0.25) is 11.8 Å². The van der Waals surface area contributed by atoms with Gasteiger partial charge in [0.1, 0.15) is 5.69 Å². The molecule has 2 heterocycles. The molecule has 0 atom stereocenters. The molecule has 0 aliphatic rings. The zero-order valence-corrected chi connectivity index (χ0v) is 10.3. The quantitative estimate of drug-likeness (QED) is 0.862. The van der Waals surface area contributed by atoms with Gasteiger partial charge in [-0.2, -0.15) is 0 Å². The van der Waals surface area contributed by atoms with Crippen LogP contribution in [0.25, 0.3) is 0 Å². The molecule has 0 fully saturated rings. The van der Waals surface area contributed by atoms with Gasteiger partial charge in [-0.1, -0.05) is 0 Å². The molecule has 2 aromatic heterocycles. The predicted molar refractivity (Wildman–Crippen MR) is 66.7 cm³/mol. The highest BCUT2D eigenvalue weighted by molar-refractivity contribution is 5.45. The molecule has 0 spiro atoms. The molecule has 0 aliphatic carbocycles. The second-order valence-electron chi connectivity index (χ2n) is 3.45. The summed E-state index contributed by atoms with van der Waals surface area (Å²) < 4.78 is 10.2. The van der Waals surface area contributed by atoms with Crippen molar-refractivity contribution in [1.29, 1.82) is 0 Å². The summed E-state index contributed by atoms with van der Waals surface area (Å²) in [6, 6.07) is 3.66. The highest BCUT2D eigenvalue weighted by atomic mass is 16.5. The smallest absolute Gasteiger partial charge is 0.237 e. The van der Waals surface area contributed by atoms with E-state index in [2.05, 4.69) is 20.3 Å². The molecule has 0 saturated carbocycles. The van der Waals surface area contributed by atoms with Gasteiger partial charge in [0, 0.05) is 30.3 Å². The van der Waals surface area contributed by atoms with Crippen LogP contribution >= 0.6 is 0 Å². The van der Waals surface area contributed by atoms with E-state index in [0.717, 1.165) is 11.4 Å². The number of rotatable bonds is 5. The summed E-state index contributed by atoms with van der Waals surface area (Å²) in [6.45, 7) is 0.518. The van der Waals surface area contributed by atoms with E-state index in [-0.39, 0.29) is 0 Å². The van der Waals surface area contributed by atoms with Crippen LogP contribution in [0.2, 0.25) is 0 Å². The van der Waals surface area contributed by atoms with Gasteiger partial charge < -0.3 is 14.8 Å². The molecule has 0 saturated heterocycles. The van der Waals surface area contributed by atoms with Crippen molar-refractivity contribution in [3.05, 3.63) is 36.4 Å².